The second-order valence-electron chi connectivity index (χ2n) is 9.32. The van der Waals surface area contributed by atoms with Gasteiger partial charge in [0.2, 0.25) is 0 Å². The first-order valence-corrected chi connectivity index (χ1v) is 11.8. The van der Waals surface area contributed by atoms with Crippen LogP contribution < -0.4 is 0 Å². The number of hydrogen-bond acceptors (Lipinski definition) is 5. The fourth-order valence-electron chi connectivity index (χ4n) is 4.18. The van der Waals surface area contributed by atoms with Gasteiger partial charge in [-0.25, -0.2) is 15.0 Å². The topological polar surface area (TPSA) is 65.7 Å². The van der Waals surface area contributed by atoms with Crippen LogP contribution in [-0.2, 0) is 4.74 Å². The summed E-state index contributed by atoms with van der Waals surface area (Å²) in [5, 5.41) is 5.14. The van der Waals surface area contributed by atoms with Crippen LogP contribution in [-0.4, -0.2) is 37.9 Å². The van der Waals surface area contributed by atoms with Crippen LogP contribution in [0, 0.1) is 12.8 Å². The number of rotatable bonds is 4. The van der Waals surface area contributed by atoms with E-state index in [9.17, 15) is 0 Å². The van der Waals surface area contributed by atoms with Gasteiger partial charge in [0.05, 0.1) is 11.7 Å². The van der Waals surface area contributed by atoms with Crippen LogP contribution in [0.1, 0.15) is 75.1 Å². The van der Waals surface area contributed by atoms with Crippen LogP contribution in [0.15, 0.2) is 41.9 Å². The van der Waals surface area contributed by atoms with Gasteiger partial charge in [0.1, 0.15) is 5.82 Å². The summed E-state index contributed by atoms with van der Waals surface area (Å²) in [6, 6.07) is 6.85. The number of ether oxygens (including phenoxy) is 1. The average Bonchev–Trinajstić information content (AvgIpc) is 3.47. The standard InChI is InChI=1S/C20H23N3O.C6H8N2/c1-12(2)15-10-16(11-15)18-17-5-4-13(3)21-20(17)23-19(22-18)14-6-8-24-9-7-14;1-4-7-8(5-1)6-2-3-6/h4-5,12,14H,6-10H2,1-3H3;1,4-6H,2-3H2. The molecule has 3 aromatic heterocycles. The Balaban J connectivity index is 0.000000225. The van der Waals surface area contributed by atoms with E-state index in [2.05, 4.69) is 35.7 Å². The normalized spacial score (nSPS) is 18.6. The number of aryl methyl sites for hydroxylation is 1. The molecule has 0 amide bonds. The first-order valence-electron chi connectivity index (χ1n) is 11.8. The average molecular weight is 430 g/mol. The monoisotopic (exact) mass is 429 g/mol. The van der Waals surface area contributed by atoms with Gasteiger partial charge in [-0.05, 0) is 62.3 Å². The fourth-order valence-corrected chi connectivity index (χ4v) is 4.18. The molecular formula is C26H31N5O. The predicted octanol–water partition coefficient (Wildman–Crippen LogP) is 5.41. The predicted molar refractivity (Wildman–Crippen MR) is 125 cm³/mol. The van der Waals surface area contributed by atoms with Crippen LogP contribution in [0.5, 0.6) is 0 Å². The van der Waals surface area contributed by atoms with E-state index < -0.39 is 0 Å². The number of hydrogen-bond donors (Lipinski definition) is 0. The van der Waals surface area contributed by atoms with E-state index in [1.165, 1.54) is 24.0 Å². The lowest BCUT2D eigenvalue weighted by Crippen LogP contribution is -2.17. The Kier molecular flexibility index (Phi) is 5.90. The lowest BCUT2D eigenvalue weighted by atomic mass is 9.86. The van der Waals surface area contributed by atoms with Crippen LogP contribution in [0.25, 0.3) is 16.6 Å². The molecular weight excluding hydrogens is 398 g/mol. The Labute approximate surface area is 189 Å². The quantitative estimate of drug-likeness (QED) is 0.519. The number of aromatic nitrogens is 5. The van der Waals surface area contributed by atoms with Crippen molar-refractivity contribution in [2.45, 2.75) is 64.8 Å². The summed E-state index contributed by atoms with van der Waals surface area (Å²) < 4.78 is 7.51. The molecule has 32 heavy (non-hydrogen) atoms. The van der Waals surface area contributed by atoms with E-state index in [-0.39, 0.29) is 0 Å². The van der Waals surface area contributed by atoms with Gasteiger partial charge in [-0.15, -0.1) is 5.73 Å². The van der Waals surface area contributed by atoms with Crippen molar-refractivity contribution in [2.24, 2.45) is 5.92 Å². The molecule has 2 fully saturated rings. The Bertz CT molecular complexity index is 1160. The van der Waals surface area contributed by atoms with Crippen LogP contribution >= 0.6 is 0 Å². The molecule has 0 radical (unpaired) electrons. The molecule has 0 bridgehead atoms. The van der Waals surface area contributed by atoms with Gasteiger partial charge in [0, 0.05) is 54.6 Å². The van der Waals surface area contributed by atoms with Crippen molar-refractivity contribution in [1.82, 2.24) is 24.7 Å². The molecule has 0 N–H and O–H groups in total. The molecule has 4 heterocycles. The van der Waals surface area contributed by atoms with Crippen molar-refractivity contribution in [3.8, 4) is 0 Å². The number of pyridine rings is 1. The van der Waals surface area contributed by atoms with Gasteiger partial charge >= 0.3 is 0 Å². The molecule has 3 aliphatic rings. The van der Waals surface area contributed by atoms with Crippen LogP contribution in [0.4, 0.5) is 0 Å². The van der Waals surface area contributed by atoms with Gasteiger partial charge in [0.25, 0.3) is 0 Å². The zero-order valence-electron chi connectivity index (χ0n) is 19.2. The van der Waals surface area contributed by atoms with E-state index in [1.807, 2.05) is 36.1 Å². The van der Waals surface area contributed by atoms with E-state index in [4.69, 9.17) is 14.7 Å². The molecule has 2 aliphatic carbocycles. The molecule has 0 aromatic carbocycles. The van der Waals surface area contributed by atoms with Crippen LogP contribution in [0.2, 0.25) is 0 Å². The second kappa shape index (κ2) is 8.97. The third-order valence-corrected chi connectivity index (χ3v) is 6.41. The lowest BCUT2D eigenvalue weighted by molar-refractivity contribution is 0.0836. The van der Waals surface area contributed by atoms with Crippen LogP contribution in [0.3, 0.4) is 0 Å². The Morgan fingerprint density at radius 1 is 1.06 bits per heavy atom. The first kappa shape index (κ1) is 21.0. The fraction of sp³-hybridized carbons (Fsp3) is 0.500. The zero-order chi connectivity index (χ0) is 22.1. The van der Waals surface area contributed by atoms with Crippen molar-refractivity contribution >= 4 is 16.6 Å². The van der Waals surface area contributed by atoms with Gasteiger partial charge in [-0.2, -0.15) is 5.10 Å². The van der Waals surface area contributed by atoms with Crippen molar-refractivity contribution in [2.75, 3.05) is 13.2 Å². The first-order chi connectivity index (χ1) is 15.6. The molecule has 6 heteroatoms. The molecule has 166 valence electrons. The highest BCUT2D eigenvalue weighted by Gasteiger charge is 2.25. The minimum atomic E-state index is 0.374. The molecule has 1 saturated heterocycles. The minimum Gasteiger partial charge on any atom is -0.381 e. The molecule has 0 spiro atoms. The molecule has 6 rings (SSSR count). The summed E-state index contributed by atoms with van der Waals surface area (Å²) in [5.41, 5.74) is 8.93. The molecule has 0 atom stereocenters. The summed E-state index contributed by atoms with van der Waals surface area (Å²) in [6.45, 7) is 8.03. The van der Waals surface area contributed by atoms with E-state index in [1.54, 1.807) is 0 Å². The molecule has 0 unspecified atom stereocenters. The summed E-state index contributed by atoms with van der Waals surface area (Å²) in [4.78, 5) is 14.4. The maximum absolute atomic E-state index is 5.49. The molecule has 1 saturated carbocycles. The Hall–Kier alpha value is -2.82. The van der Waals surface area contributed by atoms with Crippen molar-refractivity contribution in [1.29, 1.82) is 0 Å². The van der Waals surface area contributed by atoms with E-state index in [0.717, 1.165) is 66.8 Å². The molecule has 6 nitrogen and oxygen atoms in total. The second-order valence-corrected chi connectivity index (χ2v) is 9.32. The van der Waals surface area contributed by atoms with Gasteiger partial charge < -0.3 is 4.74 Å². The summed E-state index contributed by atoms with van der Waals surface area (Å²) in [7, 11) is 0. The zero-order valence-corrected chi connectivity index (χ0v) is 19.2. The maximum Gasteiger partial charge on any atom is 0.163 e. The number of fused-ring (bicyclic) bond motifs is 1. The summed E-state index contributed by atoms with van der Waals surface area (Å²) in [5.74, 6) is 1.85. The Morgan fingerprint density at radius 2 is 1.84 bits per heavy atom. The summed E-state index contributed by atoms with van der Waals surface area (Å²) in [6.07, 6.45) is 9.45. The van der Waals surface area contributed by atoms with Gasteiger partial charge in [-0.1, -0.05) is 13.8 Å². The lowest BCUT2D eigenvalue weighted by Gasteiger charge is -2.23. The third kappa shape index (κ3) is 4.52. The van der Waals surface area contributed by atoms with Crippen molar-refractivity contribution in [3.63, 3.8) is 0 Å². The molecule has 3 aromatic rings. The smallest absolute Gasteiger partial charge is 0.163 e. The van der Waals surface area contributed by atoms with Crippen molar-refractivity contribution < 1.29 is 4.74 Å². The van der Waals surface area contributed by atoms with Gasteiger partial charge in [0.15, 0.2) is 5.65 Å². The van der Waals surface area contributed by atoms with E-state index >= 15 is 0 Å². The Morgan fingerprint density at radius 3 is 2.50 bits per heavy atom. The highest BCUT2D eigenvalue weighted by molar-refractivity contribution is 5.89. The third-order valence-electron chi connectivity index (χ3n) is 6.41. The minimum absolute atomic E-state index is 0.374. The highest BCUT2D eigenvalue weighted by atomic mass is 16.5. The summed E-state index contributed by atoms with van der Waals surface area (Å²) >= 11 is 0. The number of nitrogens with zero attached hydrogens (tertiary/aromatic N) is 5. The highest BCUT2D eigenvalue weighted by Crippen LogP contribution is 2.36. The van der Waals surface area contributed by atoms with Gasteiger partial charge in [-0.3, -0.25) is 4.68 Å². The van der Waals surface area contributed by atoms with Crippen molar-refractivity contribution in [3.05, 3.63) is 59.1 Å². The SMILES string of the molecule is Cc1ccc2c(C3=C=C(C(C)C)C3)nc(C3CCOCC3)nc2n1.c1cnn(C2CC2)c1. The van der Waals surface area contributed by atoms with E-state index in [0.29, 0.717) is 11.8 Å². The largest absolute Gasteiger partial charge is 0.381 e. The maximum atomic E-state index is 5.49. The molecule has 1 aliphatic heterocycles. The number of allylic oxidation sites excluding steroid dienone is 1.